The molecule has 1 aromatic heterocycles. The van der Waals surface area contributed by atoms with Crippen LogP contribution >= 0.6 is 11.3 Å². The number of fused-ring (bicyclic) bond motifs is 1. The first-order chi connectivity index (χ1) is 10.2. The van der Waals surface area contributed by atoms with Crippen LogP contribution in [-0.2, 0) is 19.3 Å². The summed E-state index contributed by atoms with van der Waals surface area (Å²) in [7, 11) is 2.27. The van der Waals surface area contributed by atoms with E-state index in [1.807, 2.05) is 6.07 Å². The second-order valence-electron chi connectivity index (χ2n) is 6.10. The van der Waals surface area contributed by atoms with Crippen LogP contribution in [0.1, 0.15) is 29.5 Å². The third-order valence-corrected chi connectivity index (χ3v) is 5.40. The van der Waals surface area contributed by atoms with Gasteiger partial charge in [-0.05, 0) is 85.3 Å². The van der Waals surface area contributed by atoms with Crippen molar-refractivity contribution >= 4 is 17.0 Å². The zero-order valence-electron chi connectivity index (χ0n) is 12.7. The van der Waals surface area contributed by atoms with Gasteiger partial charge in [0.1, 0.15) is 0 Å². The zero-order valence-corrected chi connectivity index (χ0v) is 13.5. The molecule has 2 aromatic rings. The topological polar surface area (TPSA) is 29.3 Å². The lowest BCUT2D eigenvalue weighted by atomic mass is 9.86. The number of nitrogens with zero attached hydrogens (tertiary/aromatic N) is 1. The van der Waals surface area contributed by atoms with Gasteiger partial charge in [0, 0.05) is 11.7 Å². The quantitative estimate of drug-likeness (QED) is 0.852. The van der Waals surface area contributed by atoms with Crippen molar-refractivity contribution in [2.24, 2.45) is 0 Å². The van der Waals surface area contributed by atoms with E-state index in [2.05, 4.69) is 40.9 Å². The minimum atomic E-state index is 0.668. The van der Waals surface area contributed by atoms with E-state index in [1.165, 1.54) is 42.5 Å². The number of rotatable bonds is 5. The fourth-order valence-electron chi connectivity index (χ4n) is 3.34. The Balaban J connectivity index is 1.53. The van der Waals surface area contributed by atoms with Crippen molar-refractivity contribution in [3.05, 3.63) is 51.7 Å². The van der Waals surface area contributed by atoms with Gasteiger partial charge in [0.25, 0.3) is 0 Å². The van der Waals surface area contributed by atoms with Crippen LogP contribution in [0.3, 0.4) is 0 Å². The summed E-state index contributed by atoms with van der Waals surface area (Å²) in [6.45, 7) is 1.18. The fourth-order valence-corrected chi connectivity index (χ4v) is 4.05. The Hall–Kier alpha value is -1.32. The third kappa shape index (κ3) is 3.47. The van der Waals surface area contributed by atoms with E-state index in [1.54, 1.807) is 11.3 Å². The van der Waals surface area contributed by atoms with Crippen LogP contribution in [0, 0.1) is 0 Å². The third-order valence-electron chi connectivity index (χ3n) is 4.67. The number of likely N-dealkylation sites (N-methyl/N-ethyl adjacent to an activating group) is 1. The van der Waals surface area contributed by atoms with E-state index < -0.39 is 0 Å². The maximum absolute atomic E-state index is 6.08. The largest absolute Gasteiger partial charge is 0.398 e. The van der Waals surface area contributed by atoms with Crippen LogP contribution in [-0.4, -0.2) is 24.5 Å². The predicted octanol–water partition coefficient (Wildman–Crippen LogP) is 3.75. The summed E-state index contributed by atoms with van der Waals surface area (Å²) in [6, 6.07) is 9.28. The molecule has 0 bridgehead atoms. The number of thiophene rings is 1. The molecule has 1 aromatic carbocycles. The summed E-state index contributed by atoms with van der Waals surface area (Å²) in [4.78, 5) is 2.54. The molecule has 1 aliphatic rings. The van der Waals surface area contributed by atoms with Gasteiger partial charge in [0.15, 0.2) is 0 Å². The Morgan fingerprint density at radius 3 is 3.05 bits per heavy atom. The van der Waals surface area contributed by atoms with Crippen molar-refractivity contribution in [1.29, 1.82) is 0 Å². The number of benzene rings is 1. The summed E-state index contributed by atoms with van der Waals surface area (Å²) < 4.78 is 0. The molecule has 0 spiro atoms. The van der Waals surface area contributed by atoms with E-state index >= 15 is 0 Å². The first-order valence-corrected chi connectivity index (χ1v) is 8.76. The monoisotopic (exact) mass is 300 g/mol. The van der Waals surface area contributed by atoms with Crippen LogP contribution in [0.25, 0.3) is 0 Å². The molecule has 112 valence electrons. The molecule has 21 heavy (non-hydrogen) atoms. The highest BCUT2D eigenvalue weighted by molar-refractivity contribution is 7.07. The van der Waals surface area contributed by atoms with Gasteiger partial charge in [0.05, 0.1) is 0 Å². The van der Waals surface area contributed by atoms with Crippen LogP contribution in [0.2, 0.25) is 0 Å². The predicted molar refractivity (Wildman–Crippen MR) is 91.9 cm³/mol. The van der Waals surface area contributed by atoms with E-state index in [4.69, 9.17) is 5.73 Å². The lowest BCUT2D eigenvalue weighted by Crippen LogP contribution is -2.37. The minimum absolute atomic E-state index is 0.668. The molecule has 0 amide bonds. The molecule has 1 heterocycles. The van der Waals surface area contributed by atoms with Crippen molar-refractivity contribution in [3.8, 4) is 0 Å². The van der Waals surface area contributed by atoms with Crippen molar-refractivity contribution in [1.82, 2.24) is 4.90 Å². The molecular weight excluding hydrogens is 276 g/mol. The van der Waals surface area contributed by atoms with Crippen LogP contribution < -0.4 is 5.73 Å². The number of nitrogens with two attached hydrogens (primary N) is 1. The van der Waals surface area contributed by atoms with Gasteiger partial charge < -0.3 is 10.6 Å². The molecule has 1 aliphatic carbocycles. The molecule has 3 heteroatoms. The average Bonchev–Trinajstić information content (AvgIpc) is 3.00. The van der Waals surface area contributed by atoms with Crippen molar-refractivity contribution in [2.45, 2.75) is 38.1 Å². The smallest absolute Gasteiger partial charge is 0.0349 e. The molecule has 2 nitrogen and oxygen atoms in total. The highest BCUT2D eigenvalue weighted by Gasteiger charge is 2.22. The number of hydrogen-bond donors (Lipinski definition) is 1. The minimum Gasteiger partial charge on any atom is -0.398 e. The van der Waals surface area contributed by atoms with E-state index in [0.29, 0.717) is 6.04 Å². The summed E-state index contributed by atoms with van der Waals surface area (Å²) >= 11 is 1.79. The number of aryl methyl sites for hydroxylation is 1. The Morgan fingerprint density at radius 1 is 1.33 bits per heavy atom. The van der Waals surface area contributed by atoms with Gasteiger partial charge in [-0.15, -0.1) is 0 Å². The van der Waals surface area contributed by atoms with Crippen LogP contribution in [0.4, 0.5) is 5.69 Å². The Morgan fingerprint density at radius 2 is 2.24 bits per heavy atom. The fraction of sp³-hybridized carbons (Fsp3) is 0.444. The highest BCUT2D eigenvalue weighted by Crippen LogP contribution is 2.28. The Kier molecular flexibility index (Phi) is 4.61. The molecule has 0 fully saturated rings. The SMILES string of the molecule is CN(CCCc1ccsc1)C1CCc2c(N)cccc2C1. The summed E-state index contributed by atoms with van der Waals surface area (Å²) in [5, 5.41) is 4.43. The molecule has 0 radical (unpaired) electrons. The van der Waals surface area contributed by atoms with Crippen LogP contribution in [0.15, 0.2) is 35.0 Å². The van der Waals surface area contributed by atoms with E-state index in [0.717, 1.165) is 18.5 Å². The Labute approximate surface area is 131 Å². The molecule has 1 unspecified atom stereocenters. The molecule has 1 atom stereocenters. The second-order valence-corrected chi connectivity index (χ2v) is 6.88. The Bertz CT molecular complexity index is 577. The number of nitrogen functional groups attached to an aromatic ring is 1. The number of hydrogen-bond acceptors (Lipinski definition) is 3. The molecule has 0 aliphatic heterocycles. The van der Waals surface area contributed by atoms with Crippen molar-refractivity contribution in [3.63, 3.8) is 0 Å². The summed E-state index contributed by atoms with van der Waals surface area (Å²) in [5.41, 5.74) is 11.4. The molecule has 2 N–H and O–H groups in total. The van der Waals surface area contributed by atoms with Crippen molar-refractivity contribution < 1.29 is 0 Å². The van der Waals surface area contributed by atoms with Gasteiger partial charge in [-0.3, -0.25) is 0 Å². The molecule has 0 saturated heterocycles. The van der Waals surface area contributed by atoms with Gasteiger partial charge in [-0.1, -0.05) is 12.1 Å². The molecular formula is C18H24N2S. The van der Waals surface area contributed by atoms with Gasteiger partial charge in [-0.2, -0.15) is 11.3 Å². The van der Waals surface area contributed by atoms with Gasteiger partial charge >= 0.3 is 0 Å². The van der Waals surface area contributed by atoms with Gasteiger partial charge in [-0.25, -0.2) is 0 Å². The lowest BCUT2D eigenvalue weighted by Gasteiger charge is -2.33. The van der Waals surface area contributed by atoms with E-state index in [-0.39, 0.29) is 0 Å². The average molecular weight is 300 g/mol. The molecule has 0 saturated carbocycles. The lowest BCUT2D eigenvalue weighted by molar-refractivity contribution is 0.220. The van der Waals surface area contributed by atoms with E-state index in [9.17, 15) is 0 Å². The maximum Gasteiger partial charge on any atom is 0.0349 e. The number of anilines is 1. The highest BCUT2D eigenvalue weighted by atomic mass is 32.1. The molecule has 3 rings (SSSR count). The first-order valence-electron chi connectivity index (χ1n) is 7.81. The maximum atomic E-state index is 6.08. The summed E-state index contributed by atoms with van der Waals surface area (Å²) in [6.07, 6.45) is 5.95. The van der Waals surface area contributed by atoms with Crippen molar-refractivity contribution in [2.75, 3.05) is 19.3 Å². The normalized spacial score (nSPS) is 17.9. The van der Waals surface area contributed by atoms with Crippen LogP contribution in [0.5, 0.6) is 0 Å². The zero-order chi connectivity index (χ0) is 14.7. The van der Waals surface area contributed by atoms with Gasteiger partial charge in [0.2, 0.25) is 0 Å². The summed E-state index contributed by atoms with van der Waals surface area (Å²) in [5.74, 6) is 0. The first kappa shape index (κ1) is 14.6. The second kappa shape index (κ2) is 6.63. The standard InChI is InChI=1S/C18H24N2S/c1-20(10-3-4-14-9-11-21-13-14)16-7-8-17-15(12-16)5-2-6-18(17)19/h2,5-6,9,11,13,16H,3-4,7-8,10,12,19H2,1H3.